The van der Waals surface area contributed by atoms with E-state index in [-0.39, 0.29) is 48.3 Å². The van der Waals surface area contributed by atoms with Crippen molar-refractivity contribution in [2.45, 2.75) is 11.3 Å². The molecule has 168 valence electrons. The SMILES string of the molecule is COc1ccc(C(=O)OCCCOc2ccc(F)cc2)cc1S(=O)(=O)N1CCOCC1. The van der Waals surface area contributed by atoms with Crippen LogP contribution in [-0.2, 0) is 19.5 Å². The maximum atomic E-state index is 13.0. The minimum atomic E-state index is -3.85. The van der Waals surface area contributed by atoms with Gasteiger partial charge in [0, 0.05) is 19.5 Å². The molecule has 0 atom stereocenters. The predicted molar refractivity (Wildman–Crippen MR) is 109 cm³/mol. The Balaban J connectivity index is 1.59. The molecular formula is C21H24FNO7S. The first-order valence-electron chi connectivity index (χ1n) is 9.73. The van der Waals surface area contributed by atoms with Gasteiger partial charge in [-0.3, -0.25) is 0 Å². The van der Waals surface area contributed by atoms with Gasteiger partial charge in [-0.1, -0.05) is 0 Å². The molecule has 1 aliphatic heterocycles. The molecule has 0 saturated carbocycles. The summed E-state index contributed by atoms with van der Waals surface area (Å²) >= 11 is 0. The van der Waals surface area contributed by atoms with E-state index in [1.54, 1.807) is 0 Å². The largest absolute Gasteiger partial charge is 0.495 e. The number of benzene rings is 2. The molecule has 2 aromatic carbocycles. The van der Waals surface area contributed by atoms with Crippen LogP contribution in [0.2, 0.25) is 0 Å². The number of morpholine rings is 1. The van der Waals surface area contributed by atoms with Crippen LogP contribution in [0.25, 0.3) is 0 Å². The highest BCUT2D eigenvalue weighted by Gasteiger charge is 2.30. The Hall–Kier alpha value is -2.69. The van der Waals surface area contributed by atoms with Crippen LogP contribution in [0.5, 0.6) is 11.5 Å². The smallest absolute Gasteiger partial charge is 0.338 e. The highest BCUT2D eigenvalue weighted by atomic mass is 32.2. The summed E-state index contributed by atoms with van der Waals surface area (Å²) in [6.07, 6.45) is 0.415. The van der Waals surface area contributed by atoms with Gasteiger partial charge in [-0.25, -0.2) is 17.6 Å². The van der Waals surface area contributed by atoms with E-state index in [1.165, 1.54) is 53.9 Å². The van der Waals surface area contributed by atoms with Gasteiger partial charge in [0.1, 0.15) is 22.2 Å². The molecule has 2 aromatic rings. The fourth-order valence-electron chi connectivity index (χ4n) is 2.96. The molecule has 0 aliphatic carbocycles. The van der Waals surface area contributed by atoms with E-state index < -0.39 is 16.0 Å². The van der Waals surface area contributed by atoms with Crippen molar-refractivity contribution in [1.82, 2.24) is 4.31 Å². The molecule has 31 heavy (non-hydrogen) atoms. The van der Waals surface area contributed by atoms with E-state index in [0.717, 1.165) is 0 Å². The summed E-state index contributed by atoms with van der Waals surface area (Å²) in [6, 6.07) is 9.75. The molecule has 8 nitrogen and oxygen atoms in total. The van der Waals surface area contributed by atoms with Crippen molar-refractivity contribution in [2.24, 2.45) is 0 Å². The van der Waals surface area contributed by atoms with Gasteiger partial charge < -0.3 is 18.9 Å². The molecule has 10 heteroatoms. The number of esters is 1. The average Bonchev–Trinajstić information content (AvgIpc) is 2.80. The minimum absolute atomic E-state index is 0.0810. The lowest BCUT2D eigenvalue weighted by atomic mass is 10.2. The summed E-state index contributed by atoms with van der Waals surface area (Å²) < 4.78 is 61.2. The number of hydrogen-bond donors (Lipinski definition) is 0. The molecule has 0 amide bonds. The number of methoxy groups -OCH3 is 1. The number of carbonyl (C=O) groups is 1. The molecule has 0 bridgehead atoms. The van der Waals surface area contributed by atoms with E-state index in [1.807, 2.05) is 0 Å². The third-order valence-corrected chi connectivity index (χ3v) is 6.51. The molecule has 1 fully saturated rings. The van der Waals surface area contributed by atoms with Gasteiger partial charge >= 0.3 is 5.97 Å². The number of halogens is 1. The first kappa shape index (κ1) is 23.0. The van der Waals surface area contributed by atoms with Gasteiger partial charge in [0.15, 0.2) is 0 Å². The predicted octanol–water partition coefficient (Wildman–Crippen LogP) is 2.48. The molecule has 1 aliphatic rings. The molecule has 0 radical (unpaired) electrons. The summed E-state index contributed by atoms with van der Waals surface area (Å²) in [7, 11) is -2.48. The van der Waals surface area contributed by atoms with E-state index in [0.29, 0.717) is 25.4 Å². The van der Waals surface area contributed by atoms with Crippen LogP contribution < -0.4 is 9.47 Å². The molecule has 1 heterocycles. The summed E-state index contributed by atoms with van der Waals surface area (Å²) in [6.45, 7) is 1.44. The van der Waals surface area contributed by atoms with Gasteiger partial charge in [-0.15, -0.1) is 0 Å². The number of hydrogen-bond acceptors (Lipinski definition) is 7. The summed E-state index contributed by atoms with van der Waals surface area (Å²) in [5.74, 6) is -0.338. The van der Waals surface area contributed by atoms with Gasteiger partial charge in [0.05, 0.1) is 39.1 Å². The molecule has 0 spiro atoms. The molecule has 3 rings (SSSR count). The average molecular weight is 453 g/mol. The minimum Gasteiger partial charge on any atom is -0.495 e. The Kier molecular flexibility index (Phi) is 7.83. The van der Waals surface area contributed by atoms with Crippen molar-refractivity contribution in [2.75, 3.05) is 46.6 Å². The first-order chi connectivity index (χ1) is 14.9. The highest BCUT2D eigenvalue weighted by Crippen LogP contribution is 2.28. The van der Waals surface area contributed by atoms with Gasteiger partial charge in [-0.05, 0) is 42.5 Å². The van der Waals surface area contributed by atoms with E-state index in [4.69, 9.17) is 18.9 Å². The first-order valence-corrected chi connectivity index (χ1v) is 11.2. The van der Waals surface area contributed by atoms with Crippen LogP contribution in [-0.4, -0.2) is 65.3 Å². The third kappa shape index (κ3) is 5.93. The zero-order valence-corrected chi connectivity index (χ0v) is 17.9. The molecule has 0 N–H and O–H groups in total. The zero-order chi connectivity index (χ0) is 22.3. The molecular weight excluding hydrogens is 429 g/mol. The van der Waals surface area contributed by atoms with Crippen molar-refractivity contribution in [3.63, 3.8) is 0 Å². The Morgan fingerprint density at radius 2 is 1.81 bits per heavy atom. The summed E-state index contributed by atoms with van der Waals surface area (Å²) in [5.41, 5.74) is 0.104. The van der Waals surface area contributed by atoms with Gasteiger partial charge in [0.25, 0.3) is 0 Å². The quantitative estimate of drug-likeness (QED) is 0.426. The van der Waals surface area contributed by atoms with Crippen LogP contribution >= 0.6 is 0 Å². The van der Waals surface area contributed by atoms with Crippen LogP contribution in [0.1, 0.15) is 16.8 Å². The molecule has 0 unspecified atom stereocenters. The molecule has 1 saturated heterocycles. The number of rotatable bonds is 9. The topological polar surface area (TPSA) is 91.4 Å². The Morgan fingerprint density at radius 3 is 2.48 bits per heavy atom. The van der Waals surface area contributed by atoms with Crippen LogP contribution in [0.4, 0.5) is 4.39 Å². The monoisotopic (exact) mass is 453 g/mol. The Labute approximate surface area is 180 Å². The lowest BCUT2D eigenvalue weighted by Crippen LogP contribution is -2.40. The van der Waals surface area contributed by atoms with Crippen molar-refractivity contribution in [3.8, 4) is 11.5 Å². The second-order valence-corrected chi connectivity index (χ2v) is 8.58. The highest BCUT2D eigenvalue weighted by molar-refractivity contribution is 7.89. The van der Waals surface area contributed by atoms with Crippen LogP contribution in [0.3, 0.4) is 0 Å². The standard InChI is InChI=1S/C21H24FNO7S/c1-27-19-8-3-16(15-20(19)31(25,26)23-9-13-28-14-10-23)21(24)30-12-2-11-29-18-6-4-17(22)5-7-18/h3-8,15H,2,9-14H2,1H3. The zero-order valence-electron chi connectivity index (χ0n) is 17.1. The van der Waals surface area contributed by atoms with Crippen molar-refractivity contribution < 1.29 is 36.6 Å². The second kappa shape index (κ2) is 10.6. The van der Waals surface area contributed by atoms with E-state index in [2.05, 4.69) is 0 Å². The Morgan fingerprint density at radius 1 is 1.10 bits per heavy atom. The van der Waals surface area contributed by atoms with Crippen molar-refractivity contribution >= 4 is 16.0 Å². The fraction of sp³-hybridized carbons (Fsp3) is 0.381. The van der Waals surface area contributed by atoms with Crippen molar-refractivity contribution in [1.29, 1.82) is 0 Å². The normalized spacial score (nSPS) is 14.8. The fourth-order valence-corrected chi connectivity index (χ4v) is 4.55. The lowest BCUT2D eigenvalue weighted by Gasteiger charge is -2.26. The Bertz CT molecular complexity index is 989. The van der Waals surface area contributed by atoms with Gasteiger partial charge in [-0.2, -0.15) is 4.31 Å². The van der Waals surface area contributed by atoms with E-state index >= 15 is 0 Å². The summed E-state index contributed by atoms with van der Waals surface area (Å²) in [4.78, 5) is 12.3. The third-order valence-electron chi connectivity index (χ3n) is 4.59. The number of nitrogens with zero attached hydrogens (tertiary/aromatic N) is 1. The van der Waals surface area contributed by atoms with Gasteiger partial charge in [0.2, 0.25) is 10.0 Å². The maximum Gasteiger partial charge on any atom is 0.338 e. The molecule has 0 aromatic heterocycles. The number of sulfonamides is 1. The summed E-state index contributed by atoms with van der Waals surface area (Å²) in [5, 5.41) is 0. The lowest BCUT2D eigenvalue weighted by molar-refractivity contribution is 0.0485. The second-order valence-electron chi connectivity index (χ2n) is 6.67. The van der Waals surface area contributed by atoms with Crippen molar-refractivity contribution in [3.05, 3.63) is 53.8 Å². The van der Waals surface area contributed by atoms with E-state index in [9.17, 15) is 17.6 Å². The number of carbonyl (C=O) groups excluding carboxylic acids is 1. The van der Waals surface area contributed by atoms with Crippen LogP contribution in [0, 0.1) is 5.82 Å². The maximum absolute atomic E-state index is 13.0. The van der Waals surface area contributed by atoms with Crippen LogP contribution in [0.15, 0.2) is 47.4 Å². The number of ether oxygens (including phenoxy) is 4.